The molecular weight excluding hydrogens is 337 g/mol. The summed E-state index contributed by atoms with van der Waals surface area (Å²) in [6.07, 6.45) is 1.56. The van der Waals surface area contributed by atoms with Gasteiger partial charge in [-0.25, -0.2) is 9.37 Å². The summed E-state index contributed by atoms with van der Waals surface area (Å²) in [6.45, 7) is 0. The summed E-state index contributed by atoms with van der Waals surface area (Å²) in [7, 11) is 0. The highest BCUT2D eigenvalue weighted by atomic mass is 35.5. The number of Topliss-reactive ketones (excluding diaryl/α,β-unsaturated/α-hetero) is 1. The van der Waals surface area contributed by atoms with Crippen LogP contribution < -0.4 is 0 Å². The van der Waals surface area contributed by atoms with Crippen molar-refractivity contribution in [3.8, 4) is 11.3 Å². The molecule has 0 saturated heterocycles. The Labute approximate surface area is 141 Å². The number of nitrogens with zero attached hydrogens (tertiary/aromatic N) is 1. The summed E-state index contributed by atoms with van der Waals surface area (Å²) in [5, 5.41) is 0.984. The number of rotatable bonds is 5. The highest BCUT2D eigenvalue weighted by Crippen LogP contribution is 2.26. The number of hydrogen-bond donors (Lipinski definition) is 0. The van der Waals surface area contributed by atoms with E-state index in [0.29, 0.717) is 21.6 Å². The number of thioether (sulfide) groups is 1. The van der Waals surface area contributed by atoms with Crippen molar-refractivity contribution in [2.75, 3.05) is 5.75 Å². The Balaban J connectivity index is 1.64. The molecule has 3 rings (SSSR count). The van der Waals surface area contributed by atoms with Gasteiger partial charge in [0.1, 0.15) is 5.82 Å². The fourth-order valence-corrected chi connectivity index (χ4v) is 2.74. The first-order chi connectivity index (χ1) is 11.1. The molecule has 0 saturated carbocycles. The lowest BCUT2D eigenvalue weighted by Crippen LogP contribution is -2.01. The Bertz CT molecular complexity index is 815. The molecule has 23 heavy (non-hydrogen) atoms. The monoisotopic (exact) mass is 347 g/mol. The van der Waals surface area contributed by atoms with Crippen LogP contribution in [0.2, 0.25) is 5.02 Å². The van der Waals surface area contributed by atoms with E-state index in [2.05, 4.69) is 4.98 Å². The number of hydrogen-bond acceptors (Lipinski definition) is 4. The van der Waals surface area contributed by atoms with Gasteiger partial charge in [0.05, 0.1) is 11.9 Å². The van der Waals surface area contributed by atoms with Gasteiger partial charge in [-0.3, -0.25) is 4.79 Å². The van der Waals surface area contributed by atoms with E-state index < -0.39 is 0 Å². The second-order valence-corrected chi connectivity index (χ2v) is 6.08. The van der Waals surface area contributed by atoms with E-state index in [1.165, 1.54) is 23.9 Å². The maximum Gasteiger partial charge on any atom is 0.256 e. The first-order valence-corrected chi connectivity index (χ1v) is 8.11. The summed E-state index contributed by atoms with van der Waals surface area (Å²) in [4.78, 5) is 16.2. The molecule has 6 heteroatoms. The van der Waals surface area contributed by atoms with Gasteiger partial charge in [0.2, 0.25) is 0 Å². The number of carbonyl (C=O) groups is 1. The van der Waals surface area contributed by atoms with E-state index in [0.717, 1.165) is 5.56 Å². The average molecular weight is 348 g/mol. The third-order valence-electron chi connectivity index (χ3n) is 3.11. The van der Waals surface area contributed by atoms with Crippen molar-refractivity contribution < 1.29 is 13.6 Å². The molecule has 0 atom stereocenters. The number of ketones is 1. The maximum atomic E-state index is 12.9. The van der Waals surface area contributed by atoms with Gasteiger partial charge >= 0.3 is 0 Å². The molecule has 0 radical (unpaired) electrons. The van der Waals surface area contributed by atoms with E-state index in [4.69, 9.17) is 16.0 Å². The third-order valence-corrected chi connectivity index (χ3v) is 4.20. The molecule has 1 heterocycles. The molecule has 0 amide bonds. The number of benzene rings is 2. The maximum absolute atomic E-state index is 12.9. The van der Waals surface area contributed by atoms with Crippen LogP contribution in [0.5, 0.6) is 0 Å². The number of oxazole rings is 1. The Kier molecular flexibility index (Phi) is 4.79. The van der Waals surface area contributed by atoms with E-state index in [1.807, 2.05) is 0 Å². The van der Waals surface area contributed by atoms with Gasteiger partial charge in [-0.15, -0.1) is 0 Å². The lowest BCUT2D eigenvalue weighted by Gasteiger charge is -1.99. The van der Waals surface area contributed by atoms with Crippen molar-refractivity contribution in [3.63, 3.8) is 0 Å². The zero-order valence-electron chi connectivity index (χ0n) is 11.8. The second-order valence-electron chi connectivity index (χ2n) is 4.72. The smallest absolute Gasteiger partial charge is 0.256 e. The molecule has 116 valence electrons. The summed E-state index contributed by atoms with van der Waals surface area (Å²) in [5.41, 5.74) is 1.32. The molecule has 3 nitrogen and oxygen atoms in total. The SMILES string of the molecule is O=C(CSc1ncc(-c2ccc(F)cc2)o1)c1ccc(Cl)cc1. The fourth-order valence-electron chi connectivity index (χ4n) is 1.92. The van der Waals surface area contributed by atoms with Crippen LogP contribution >= 0.6 is 23.4 Å². The highest BCUT2D eigenvalue weighted by molar-refractivity contribution is 7.99. The van der Waals surface area contributed by atoms with Gasteiger partial charge < -0.3 is 4.42 Å². The predicted octanol–water partition coefficient (Wildman–Crippen LogP) is 5.11. The molecule has 0 aliphatic rings. The quantitative estimate of drug-likeness (QED) is 0.475. The molecule has 3 aromatic rings. The second kappa shape index (κ2) is 6.98. The summed E-state index contributed by atoms with van der Waals surface area (Å²) >= 11 is 7.01. The first-order valence-electron chi connectivity index (χ1n) is 6.75. The van der Waals surface area contributed by atoms with Crippen LogP contribution in [-0.2, 0) is 0 Å². The van der Waals surface area contributed by atoms with Gasteiger partial charge in [-0.2, -0.15) is 0 Å². The van der Waals surface area contributed by atoms with Crippen LogP contribution in [0.25, 0.3) is 11.3 Å². The largest absolute Gasteiger partial charge is 0.431 e. The normalized spacial score (nSPS) is 10.7. The summed E-state index contributed by atoms with van der Waals surface area (Å²) in [6, 6.07) is 12.7. The van der Waals surface area contributed by atoms with Crippen molar-refractivity contribution in [1.29, 1.82) is 0 Å². The van der Waals surface area contributed by atoms with Gasteiger partial charge in [0.15, 0.2) is 11.5 Å². The number of carbonyl (C=O) groups excluding carboxylic acids is 1. The summed E-state index contributed by atoms with van der Waals surface area (Å²) < 4.78 is 18.5. The van der Waals surface area contributed by atoms with Crippen LogP contribution in [0.1, 0.15) is 10.4 Å². The highest BCUT2D eigenvalue weighted by Gasteiger charge is 2.11. The summed E-state index contributed by atoms with van der Waals surface area (Å²) in [5.74, 6) is 0.404. The lowest BCUT2D eigenvalue weighted by atomic mass is 10.1. The van der Waals surface area contributed by atoms with Crippen LogP contribution in [0, 0.1) is 5.82 Å². The number of halogens is 2. The topological polar surface area (TPSA) is 43.1 Å². The van der Waals surface area contributed by atoms with Crippen LogP contribution in [0.15, 0.2) is 64.4 Å². The molecule has 0 unspecified atom stereocenters. The van der Waals surface area contributed by atoms with Gasteiger partial charge in [-0.05, 0) is 48.5 Å². The van der Waals surface area contributed by atoms with Crippen molar-refractivity contribution >= 4 is 29.1 Å². The molecular formula is C17H11ClFNO2S. The molecule has 0 aliphatic heterocycles. The van der Waals surface area contributed by atoms with Crippen LogP contribution in [0.4, 0.5) is 4.39 Å². The lowest BCUT2D eigenvalue weighted by molar-refractivity contribution is 0.102. The molecule has 2 aromatic carbocycles. The molecule has 1 aromatic heterocycles. The van der Waals surface area contributed by atoms with E-state index in [1.54, 1.807) is 42.6 Å². The van der Waals surface area contributed by atoms with Crippen molar-refractivity contribution in [2.45, 2.75) is 5.22 Å². The Morgan fingerprint density at radius 2 is 1.83 bits per heavy atom. The first kappa shape index (κ1) is 15.8. The standard InChI is InChI=1S/C17H11ClFNO2S/c18-13-5-1-11(2-6-13)15(21)10-23-17-20-9-16(22-17)12-3-7-14(19)8-4-12/h1-9H,10H2. The van der Waals surface area contributed by atoms with Crippen LogP contribution in [-0.4, -0.2) is 16.5 Å². The minimum absolute atomic E-state index is 0.0341. The molecule has 0 spiro atoms. The van der Waals surface area contributed by atoms with Crippen molar-refractivity contribution in [2.24, 2.45) is 0 Å². The Hall–Kier alpha value is -2.11. The Morgan fingerprint density at radius 3 is 2.52 bits per heavy atom. The minimum Gasteiger partial charge on any atom is -0.431 e. The third kappa shape index (κ3) is 4.00. The average Bonchev–Trinajstić information content (AvgIpc) is 3.03. The number of aromatic nitrogens is 1. The predicted molar refractivity (Wildman–Crippen MR) is 88.4 cm³/mol. The van der Waals surface area contributed by atoms with Gasteiger partial charge in [-0.1, -0.05) is 23.4 Å². The minimum atomic E-state index is -0.309. The zero-order chi connectivity index (χ0) is 16.2. The van der Waals surface area contributed by atoms with Gasteiger partial charge in [0, 0.05) is 16.1 Å². The molecule has 0 aliphatic carbocycles. The molecule has 0 bridgehead atoms. The fraction of sp³-hybridized carbons (Fsp3) is 0.0588. The zero-order valence-corrected chi connectivity index (χ0v) is 13.4. The van der Waals surface area contributed by atoms with E-state index in [9.17, 15) is 9.18 Å². The molecule has 0 N–H and O–H groups in total. The van der Waals surface area contributed by atoms with Crippen molar-refractivity contribution in [1.82, 2.24) is 4.98 Å². The van der Waals surface area contributed by atoms with Crippen molar-refractivity contribution in [3.05, 3.63) is 71.1 Å². The van der Waals surface area contributed by atoms with Gasteiger partial charge in [0.25, 0.3) is 5.22 Å². The Morgan fingerprint density at radius 1 is 1.13 bits per heavy atom. The van der Waals surface area contributed by atoms with E-state index >= 15 is 0 Å². The molecule has 0 fully saturated rings. The van der Waals surface area contributed by atoms with Crippen LogP contribution in [0.3, 0.4) is 0 Å². The van der Waals surface area contributed by atoms with E-state index in [-0.39, 0.29) is 17.4 Å².